The van der Waals surface area contributed by atoms with E-state index < -0.39 is 17.7 Å². The van der Waals surface area contributed by atoms with Crippen LogP contribution >= 0.6 is 0 Å². The number of carbonyl (C=O) groups excluding carboxylic acids is 2. The number of benzene rings is 2. The van der Waals surface area contributed by atoms with Gasteiger partial charge in [-0.2, -0.15) is 0 Å². The Balaban J connectivity index is 1.58. The first-order chi connectivity index (χ1) is 19.4. The summed E-state index contributed by atoms with van der Waals surface area (Å²) in [5, 5.41) is 11.5. The van der Waals surface area contributed by atoms with Crippen molar-refractivity contribution in [3.8, 4) is 17.2 Å². The van der Waals surface area contributed by atoms with Crippen molar-refractivity contribution >= 4 is 17.4 Å². The highest BCUT2D eigenvalue weighted by Gasteiger charge is 2.46. The monoisotopic (exact) mass is 545 g/mol. The third kappa shape index (κ3) is 5.43. The Morgan fingerprint density at radius 2 is 1.90 bits per heavy atom. The van der Waals surface area contributed by atoms with E-state index >= 15 is 0 Å². The van der Waals surface area contributed by atoms with Crippen LogP contribution in [0.3, 0.4) is 0 Å². The number of aliphatic hydroxyl groups excluding tert-OH is 1. The maximum absolute atomic E-state index is 13.5. The lowest BCUT2D eigenvalue weighted by molar-refractivity contribution is -0.140. The van der Waals surface area contributed by atoms with Crippen LogP contribution in [-0.4, -0.2) is 41.0 Å². The lowest BCUT2D eigenvalue weighted by Crippen LogP contribution is -2.29. The second kappa shape index (κ2) is 11.9. The second-order valence-corrected chi connectivity index (χ2v) is 10.2. The van der Waals surface area contributed by atoms with E-state index in [-0.39, 0.29) is 24.0 Å². The Kier molecular flexibility index (Phi) is 8.14. The minimum absolute atomic E-state index is 0.0162. The van der Waals surface area contributed by atoms with E-state index in [1.165, 1.54) is 11.2 Å². The number of nitrogens with zero attached hydrogens (tertiary/aromatic N) is 1. The Bertz CT molecular complexity index is 1410. The number of likely N-dealkylation sites (tertiary alicyclic amines) is 1. The number of hydrogen-bond acceptors (Lipinski definition) is 7. The molecule has 3 aromatic rings. The van der Waals surface area contributed by atoms with Gasteiger partial charge in [0.05, 0.1) is 37.6 Å². The van der Waals surface area contributed by atoms with Gasteiger partial charge < -0.3 is 28.6 Å². The molecule has 2 aliphatic rings. The third-order valence-corrected chi connectivity index (χ3v) is 7.20. The van der Waals surface area contributed by atoms with Crippen molar-refractivity contribution in [1.82, 2.24) is 4.90 Å². The van der Waals surface area contributed by atoms with Crippen molar-refractivity contribution < 1.29 is 33.3 Å². The largest absolute Gasteiger partial charge is 0.507 e. The van der Waals surface area contributed by atoms with Crippen LogP contribution in [0.25, 0.3) is 5.76 Å². The zero-order chi connectivity index (χ0) is 28.2. The van der Waals surface area contributed by atoms with Gasteiger partial charge in [0.2, 0.25) is 0 Å². The predicted molar refractivity (Wildman–Crippen MR) is 149 cm³/mol. The topological polar surface area (TPSA) is 98.4 Å². The van der Waals surface area contributed by atoms with Crippen LogP contribution < -0.4 is 14.2 Å². The van der Waals surface area contributed by atoms with Gasteiger partial charge >= 0.3 is 0 Å². The molecule has 210 valence electrons. The van der Waals surface area contributed by atoms with E-state index in [1.54, 1.807) is 36.4 Å². The fraction of sp³-hybridized carbons (Fsp3) is 0.375. The number of carbonyl (C=O) groups is 2. The van der Waals surface area contributed by atoms with Gasteiger partial charge in [0.15, 0.2) is 11.5 Å². The Hall–Kier alpha value is -4.20. The van der Waals surface area contributed by atoms with Crippen molar-refractivity contribution in [3.63, 3.8) is 0 Å². The lowest BCUT2D eigenvalue weighted by atomic mass is 9.94. The molecule has 8 heteroatoms. The molecule has 8 nitrogen and oxygen atoms in total. The fourth-order valence-electron chi connectivity index (χ4n) is 5.30. The second-order valence-electron chi connectivity index (χ2n) is 10.2. The highest BCUT2D eigenvalue weighted by molar-refractivity contribution is 6.46. The van der Waals surface area contributed by atoms with Crippen molar-refractivity contribution in [2.45, 2.75) is 65.1 Å². The predicted octanol–water partition coefficient (Wildman–Crippen LogP) is 6.19. The van der Waals surface area contributed by atoms with Gasteiger partial charge in [0, 0.05) is 12.0 Å². The molecule has 2 aliphatic heterocycles. The molecule has 0 saturated carbocycles. The van der Waals surface area contributed by atoms with E-state index in [2.05, 4.69) is 6.92 Å². The smallest absolute Gasteiger partial charge is 0.296 e. The minimum Gasteiger partial charge on any atom is -0.507 e. The average molecular weight is 546 g/mol. The van der Waals surface area contributed by atoms with Crippen molar-refractivity contribution in [2.24, 2.45) is 0 Å². The van der Waals surface area contributed by atoms with Crippen molar-refractivity contribution in [2.75, 3.05) is 13.2 Å². The molecule has 0 spiro atoms. The number of ether oxygens (including phenoxy) is 3. The molecule has 3 heterocycles. The SMILES string of the molecule is CCCCCOc1ccc([C@@H]2/C(=C(\O)c3ccc4c(c3)C[C@H](C)O4)C(=O)C(=O)N2Cc2ccco2)cc1OCC. The number of furan rings is 1. The first-order valence-electron chi connectivity index (χ1n) is 13.9. The zero-order valence-corrected chi connectivity index (χ0v) is 23.1. The van der Waals surface area contributed by atoms with Gasteiger partial charge in [0.25, 0.3) is 11.7 Å². The van der Waals surface area contributed by atoms with Gasteiger partial charge in [0.1, 0.15) is 23.4 Å². The normalized spacial score (nSPS) is 19.5. The molecule has 1 aromatic heterocycles. The van der Waals surface area contributed by atoms with Gasteiger partial charge in [-0.05, 0) is 73.9 Å². The first-order valence-corrected chi connectivity index (χ1v) is 13.9. The number of fused-ring (bicyclic) bond motifs is 1. The molecular formula is C32H35NO7. The molecule has 40 heavy (non-hydrogen) atoms. The molecule has 1 saturated heterocycles. The zero-order valence-electron chi connectivity index (χ0n) is 23.1. The molecule has 2 atom stereocenters. The summed E-state index contributed by atoms with van der Waals surface area (Å²) in [5.41, 5.74) is 2.04. The number of amides is 1. The summed E-state index contributed by atoms with van der Waals surface area (Å²) in [4.78, 5) is 28.3. The molecule has 0 unspecified atom stereocenters. The summed E-state index contributed by atoms with van der Waals surface area (Å²) in [5.74, 6) is 0.703. The molecule has 5 rings (SSSR count). The van der Waals surface area contributed by atoms with E-state index in [4.69, 9.17) is 18.6 Å². The van der Waals surface area contributed by atoms with Gasteiger partial charge in [-0.25, -0.2) is 0 Å². The summed E-state index contributed by atoms with van der Waals surface area (Å²) in [6.45, 7) is 7.04. The van der Waals surface area contributed by atoms with Crippen LogP contribution in [0, 0.1) is 0 Å². The van der Waals surface area contributed by atoms with Gasteiger partial charge in [-0.15, -0.1) is 0 Å². The average Bonchev–Trinajstić information content (AvgIpc) is 3.66. The molecule has 0 radical (unpaired) electrons. The number of Topliss-reactive ketones (excluding diaryl/α,β-unsaturated/α-hetero) is 1. The Morgan fingerprint density at radius 1 is 1.05 bits per heavy atom. The highest BCUT2D eigenvalue weighted by atomic mass is 16.5. The number of hydrogen-bond donors (Lipinski definition) is 1. The molecule has 0 bridgehead atoms. The lowest BCUT2D eigenvalue weighted by Gasteiger charge is -2.25. The Morgan fingerprint density at radius 3 is 2.65 bits per heavy atom. The minimum atomic E-state index is -0.859. The van der Waals surface area contributed by atoms with Crippen LogP contribution in [0.2, 0.25) is 0 Å². The highest BCUT2D eigenvalue weighted by Crippen LogP contribution is 2.43. The maximum atomic E-state index is 13.5. The van der Waals surface area contributed by atoms with Crippen LogP contribution in [0.15, 0.2) is 64.8 Å². The maximum Gasteiger partial charge on any atom is 0.296 e. The van der Waals surface area contributed by atoms with Crippen LogP contribution in [-0.2, 0) is 22.6 Å². The standard InChI is InChI=1S/C32H35NO7/c1-4-6-7-14-39-26-13-10-21(18-27(26)37-5-2)29-28(31(35)32(36)33(29)19-24-9-8-15-38-24)30(34)22-11-12-25-23(17-22)16-20(3)40-25/h8-13,15,17-18,20,29,34H,4-7,14,16,19H2,1-3H3/b30-28+/t20-,29+/m0/s1. The molecule has 1 N–H and O–H groups in total. The number of ketones is 1. The fourth-order valence-corrected chi connectivity index (χ4v) is 5.30. The van der Waals surface area contributed by atoms with E-state index in [1.807, 2.05) is 26.0 Å². The van der Waals surface area contributed by atoms with Crippen molar-refractivity contribution in [1.29, 1.82) is 0 Å². The molecule has 1 amide bonds. The quantitative estimate of drug-likeness (QED) is 0.133. The van der Waals surface area contributed by atoms with Crippen LogP contribution in [0.4, 0.5) is 0 Å². The summed E-state index contributed by atoms with van der Waals surface area (Å²) < 4.78 is 23.2. The Labute approximate surface area is 234 Å². The summed E-state index contributed by atoms with van der Waals surface area (Å²) in [6.07, 6.45) is 5.34. The number of unbranched alkanes of at least 4 members (excludes halogenated alkanes) is 2. The van der Waals surface area contributed by atoms with Crippen LogP contribution in [0.1, 0.15) is 68.5 Å². The first kappa shape index (κ1) is 27.4. The van der Waals surface area contributed by atoms with Gasteiger partial charge in [-0.3, -0.25) is 9.59 Å². The van der Waals surface area contributed by atoms with E-state index in [0.717, 1.165) is 30.6 Å². The summed E-state index contributed by atoms with van der Waals surface area (Å²) >= 11 is 0. The molecule has 1 fully saturated rings. The summed E-state index contributed by atoms with van der Waals surface area (Å²) in [7, 11) is 0. The van der Waals surface area contributed by atoms with E-state index in [9.17, 15) is 14.7 Å². The molecular weight excluding hydrogens is 510 g/mol. The number of rotatable bonds is 11. The number of aliphatic hydroxyl groups is 1. The van der Waals surface area contributed by atoms with Gasteiger partial charge in [-0.1, -0.05) is 25.8 Å². The van der Waals surface area contributed by atoms with Crippen molar-refractivity contribution in [3.05, 3.63) is 82.8 Å². The molecule has 2 aromatic carbocycles. The van der Waals surface area contributed by atoms with Crippen LogP contribution in [0.5, 0.6) is 17.2 Å². The molecule has 0 aliphatic carbocycles. The van der Waals surface area contributed by atoms with E-state index in [0.29, 0.717) is 48.0 Å². The third-order valence-electron chi connectivity index (χ3n) is 7.20. The summed E-state index contributed by atoms with van der Waals surface area (Å²) in [6, 6.07) is 13.3.